The number of carbonyl (C=O) groups is 1. The number of rotatable bonds is 10. The molecule has 1 heterocycles. The third-order valence-electron chi connectivity index (χ3n) is 4.95. The Kier molecular flexibility index (Phi) is 8.13. The van der Waals surface area contributed by atoms with Gasteiger partial charge >= 0.3 is 0 Å². The monoisotopic (exact) mass is 487 g/mol. The van der Waals surface area contributed by atoms with Gasteiger partial charge in [0.05, 0.1) is 19.1 Å². The van der Waals surface area contributed by atoms with Crippen LogP contribution < -0.4 is 14.9 Å². The van der Waals surface area contributed by atoms with E-state index >= 15 is 0 Å². The Balaban J connectivity index is 1.32. The second-order valence-electron chi connectivity index (χ2n) is 7.35. The van der Waals surface area contributed by atoms with Crippen molar-refractivity contribution in [2.75, 3.05) is 12.9 Å². The van der Waals surface area contributed by atoms with Crippen LogP contribution in [0.2, 0.25) is 0 Å². The van der Waals surface area contributed by atoms with Crippen molar-refractivity contribution in [1.29, 1.82) is 0 Å². The molecule has 178 valence electrons. The molecule has 4 rings (SSSR count). The third kappa shape index (κ3) is 6.48. The van der Waals surface area contributed by atoms with Gasteiger partial charge in [-0.2, -0.15) is 5.10 Å². The molecule has 9 heteroatoms. The van der Waals surface area contributed by atoms with Gasteiger partial charge in [0.2, 0.25) is 0 Å². The van der Waals surface area contributed by atoms with E-state index in [1.807, 2.05) is 90.4 Å². The van der Waals surface area contributed by atoms with Crippen molar-refractivity contribution in [3.05, 3.63) is 84.4 Å². The van der Waals surface area contributed by atoms with Crippen LogP contribution in [0, 0.1) is 0 Å². The highest BCUT2D eigenvalue weighted by Crippen LogP contribution is 2.25. The minimum atomic E-state index is -0.236. The Labute approximate surface area is 208 Å². The number of methoxy groups -OCH3 is 1. The van der Waals surface area contributed by atoms with Gasteiger partial charge in [-0.05, 0) is 61.0 Å². The van der Waals surface area contributed by atoms with Crippen molar-refractivity contribution in [3.8, 4) is 28.6 Å². The van der Waals surface area contributed by atoms with Gasteiger partial charge in [0, 0.05) is 12.1 Å². The number of para-hydroxylation sites is 1. The van der Waals surface area contributed by atoms with Gasteiger partial charge < -0.3 is 14.0 Å². The average Bonchev–Trinajstić information content (AvgIpc) is 3.31. The maximum Gasteiger partial charge on any atom is 0.250 e. The third-order valence-corrected chi connectivity index (χ3v) is 5.92. The number of nitrogens with one attached hydrogen (secondary N) is 1. The summed E-state index contributed by atoms with van der Waals surface area (Å²) in [6, 6.07) is 24.6. The van der Waals surface area contributed by atoms with Crippen LogP contribution in [0.1, 0.15) is 12.5 Å². The van der Waals surface area contributed by atoms with Gasteiger partial charge in [0.25, 0.3) is 5.91 Å². The van der Waals surface area contributed by atoms with Crippen LogP contribution in [0.15, 0.2) is 89.1 Å². The van der Waals surface area contributed by atoms with E-state index < -0.39 is 0 Å². The number of nitrogens with zero attached hydrogens (tertiary/aromatic N) is 4. The first-order chi connectivity index (χ1) is 17.2. The Bertz CT molecular complexity index is 1290. The SMILES string of the molecule is CCn1c(SCC(=O)N/N=C\c2cccc(Oc3ccccc3)c2)nnc1-c1ccc(OC)cc1. The summed E-state index contributed by atoms with van der Waals surface area (Å²) in [5.41, 5.74) is 4.29. The maximum absolute atomic E-state index is 12.3. The molecule has 0 aliphatic rings. The molecule has 0 radical (unpaired) electrons. The lowest BCUT2D eigenvalue weighted by Gasteiger charge is -2.07. The lowest BCUT2D eigenvalue weighted by Crippen LogP contribution is -2.20. The predicted molar refractivity (Wildman–Crippen MR) is 137 cm³/mol. The van der Waals surface area contributed by atoms with Crippen molar-refractivity contribution >= 4 is 23.9 Å². The van der Waals surface area contributed by atoms with Gasteiger partial charge in [0.15, 0.2) is 11.0 Å². The number of benzene rings is 3. The van der Waals surface area contributed by atoms with E-state index in [1.165, 1.54) is 11.8 Å². The molecule has 0 atom stereocenters. The normalized spacial score (nSPS) is 10.9. The number of thioether (sulfide) groups is 1. The fraction of sp³-hybridized carbons (Fsp3) is 0.154. The van der Waals surface area contributed by atoms with Crippen LogP contribution in [0.3, 0.4) is 0 Å². The minimum absolute atomic E-state index is 0.162. The van der Waals surface area contributed by atoms with Crippen molar-refractivity contribution in [2.45, 2.75) is 18.6 Å². The molecule has 3 aromatic carbocycles. The van der Waals surface area contributed by atoms with Gasteiger partial charge in [-0.3, -0.25) is 4.79 Å². The first-order valence-electron chi connectivity index (χ1n) is 11.0. The molecule has 1 amide bonds. The molecule has 0 saturated carbocycles. The Hall–Kier alpha value is -4.11. The molecular weight excluding hydrogens is 462 g/mol. The summed E-state index contributed by atoms with van der Waals surface area (Å²) in [6.45, 7) is 2.69. The van der Waals surface area contributed by atoms with E-state index in [9.17, 15) is 4.79 Å². The van der Waals surface area contributed by atoms with Crippen LogP contribution in [-0.4, -0.2) is 39.7 Å². The van der Waals surface area contributed by atoms with E-state index in [4.69, 9.17) is 9.47 Å². The standard InChI is InChI=1S/C26H25N5O3S/c1-3-31-25(20-12-14-21(33-2)15-13-20)29-30-26(31)35-18-24(32)28-27-17-19-8-7-11-23(16-19)34-22-9-5-4-6-10-22/h4-17H,3,18H2,1-2H3,(H,28,32)/b27-17-. The zero-order valence-electron chi connectivity index (χ0n) is 19.4. The maximum atomic E-state index is 12.3. The first-order valence-corrected chi connectivity index (χ1v) is 12.0. The number of amides is 1. The van der Waals surface area contributed by atoms with Crippen LogP contribution in [0.5, 0.6) is 17.2 Å². The van der Waals surface area contributed by atoms with Crippen molar-refractivity contribution < 1.29 is 14.3 Å². The molecule has 1 aromatic heterocycles. The number of hydrogen-bond donors (Lipinski definition) is 1. The summed E-state index contributed by atoms with van der Waals surface area (Å²) < 4.78 is 13.0. The molecule has 0 fully saturated rings. The van der Waals surface area contributed by atoms with Gasteiger partial charge in [-0.15, -0.1) is 10.2 Å². The largest absolute Gasteiger partial charge is 0.497 e. The molecule has 4 aromatic rings. The van der Waals surface area contributed by atoms with E-state index in [2.05, 4.69) is 20.7 Å². The summed E-state index contributed by atoms with van der Waals surface area (Å²) in [7, 11) is 1.63. The van der Waals surface area contributed by atoms with Gasteiger partial charge in [-0.25, -0.2) is 5.43 Å². The number of carbonyl (C=O) groups excluding carboxylic acids is 1. The van der Waals surface area contributed by atoms with Crippen molar-refractivity contribution in [1.82, 2.24) is 20.2 Å². The number of hydrazone groups is 1. The van der Waals surface area contributed by atoms with Gasteiger partial charge in [0.1, 0.15) is 17.2 Å². The fourth-order valence-electron chi connectivity index (χ4n) is 3.26. The van der Waals surface area contributed by atoms with Crippen LogP contribution in [0.4, 0.5) is 0 Å². The molecule has 1 N–H and O–H groups in total. The molecule has 0 saturated heterocycles. The average molecular weight is 488 g/mol. The Morgan fingerprint density at radius 1 is 1.00 bits per heavy atom. The topological polar surface area (TPSA) is 90.6 Å². The highest BCUT2D eigenvalue weighted by molar-refractivity contribution is 7.99. The minimum Gasteiger partial charge on any atom is -0.497 e. The Morgan fingerprint density at radius 3 is 2.51 bits per heavy atom. The Morgan fingerprint density at radius 2 is 1.77 bits per heavy atom. The summed E-state index contributed by atoms with van der Waals surface area (Å²) in [5.74, 6) is 2.89. The lowest BCUT2D eigenvalue weighted by atomic mass is 10.2. The van der Waals surface area contributed by atoms with Crippen LogP contribution in [0.25, 0.3) is 11.4 Å². The first kappa shape index (κ1) is 24.0. The summed E-state index contributed by atoms with van der Waals surface area (Å²) in [6.07, 6.45) is 1.58. The molecule has 0 bridgehead atoms. The van der Waals surface area contributed by atoms with Crippen molar-refractivity contribution in [3.63, 3.8) is 0 Å². The molecule has 0 spiro atoms. The number of aromatic nitrogens is 3. The molecule has 0 unspecified atom stereocenters. The highest BCUT2D eigenvalue weighted by atomic mass is 32.2. The summed E-state index contributed by atoms with van der Waals surface area (Å²) in [5, 5.41) is 13.3. The van der Waals surface area contributed by atoms with Crippen LogP contribution >= 0.6 is 11.8 Å². The smallest absolute Gasteiger partial charge is 0.250 e. The number of hydrogen-bond acceptors (Lipinski definition) is 7. The quantitative estimate of drug-likeness (QED) is 0.192. The number of ether oxygens (including phenoxy) is 2. The molecule has 0 aliphatic carbocycles. The van der Waals surface area contributed by atoms with E-state index in [-0.39, 0.29) is 11.7 Å². The molecular formula is C26H25N5O3S. The summed E-state index contributed by atoms with van der Waals surface area (Å²) in [4.78, 5) is 12.3. The van der Waals surface area contributed by atoms with Crippen LogP contribution in [-0.2, 0) is 11.3 Å². The molecule has 8 nitrogen and oxygen atoms in total. The second kappa shape index (κ2) is 11.8. The van der Waals surface area contributed by atoms with E-state index in [1.54, 1.807) is 13.3 Å². The molecule has 0 aliphatic heterocycles. The van der Waals surface area contributed by atoms with Gasteiger partial charge in [-0.1, -0.05) is 42.1 Å². The zero-order valence-corrected chi connectivity index (χ0v) is 20.2. The second-order valence-corrected chi connectivity index (χ2v) is 8.29. The van der Waals surface area contributed by atoms with E-state index in [0.717, 1.165) is 28.5 Å². The highest BCUT2D eigenvalue weighted by Gasteiger charge is 2.14. The molecule has 35 heavy (non-hydrogen) atoms. The van der Waals surface area contributed by atoms with Crippen molar-refractivity contribution in [2.24, 2.45) is 5.10 Å². The fourth-order valence-corrected chi connectivity index (χ4v) is 4.05. The van der Waals surface area contributed by atoms with E-state index in [0.29, 0.717) is 17.5 Å². The summed E-state index contributed by atoms with van der Waals surface area (Å²) >= 11 is 1.31. The predicted octanol–water partition coefficient (Wildman–Crippen LogP) is 5.01. The zero-order chi connectivity index (χ0) is 24.5. The lowest BCUT2D eigenvalue weighted by molar-refractivity contribution is -0.118.